The number of hydrogen-bond donors (Lipinski definition) is 1. The maximum Gasteiger partial charge on any atom is 0.128 e. The second-order valence-corrected chi connectivity index (χ2v) is 5.03. The fourth-order valence-electron chi connectivity index (χ4n) is 2.05. The van der Waals surface area contributed by atoms with Crippen molar-refractivity contribution in [3.05, 3.63) is 59.1 Å². The molecule has 0 saturated carbocycles. The summed E-state index contributed by atoms with van der Waals surface area (Å²) in [6.45, 7) is 1.88. The van der Waals surface area contributed by atoms with E-state index in [0.29, 0.717) is 5.02 Å². The number of halogens is 1. The maximum atomic E-state index is 5.85. The number of aliphatic imine (C=N–C) groups is 1. The van der Waals surface area contributed by atoms with Crippen LogP contribution in [0.15, 0.2) is 53.5 Å². The Morgan fingerprint density at radius 3 is 2.20 bits per heavy atom. The SMILES string of the molecule is Clc1ccc(Oc2ccc(C3=NCCCN3)cc2)cc1. The third-order valence-corrected chi connectivity index (χ3v) is 3.33. The molecule has 2 aromatic rings. The zero-order valence-electron chi connectivity index (χ0n) is 11.0. The van der Waals surface area contributed by atoms with Gasteiger partial charge in [-0.3, -0.25) is 4.99 Å². The first-order valence-electron chi connectivity index (χ1n) is 6.63. The molecular weight excluding hydrogens is 272 g/mol. The van der Waals surface area contributed by atoms with Crippen molar-refractivity contribution in [2.24, 2.45) is 4.99 Å². The van der Waals surface area contributed by atoms with Gasteiger partial charge in [0, 0.05) is 23.7 Å². The van der Waals surface area contributed by atoms with E-state index in [1.165, 1.54) is 0 Å². The van der Waals surface area contributed by atoms with Gasteiger partial charge in [0.25, 0.3) is 0 Å². The first-order valence-corrected chi connectivity index (χ1v) is 7.01. The second-order valence-electron chi connectivity index (χ2n) is 4.59. The summed E-state index contributed by atoms with van der Waals surface area (Å²) < 4.78 is 5.76. The lowest BCUT2D eigenvalue weighted by atomic mass is 10.1. The summed E-state index contributed by atoms with van der Waals surface area (Å²) in [6.07, 6.45) is 1.10. The lowest BCUT2D eigenvalue weighted by Crippen LogP contribution is -2.30. The molecule has 0 bridgehead atoms. The van der Waals surface area contributed by atoms with Crippen LogP contribution in [0.5, 0.6) is 11.5 Å². The average molecular weight is 287 g/mol. The highest BCUT2D eigenvalue weighted by molar-refractivity contribution is 6.30. The Balaban J connectivity index is 1.72. The molecule has 1 heterocycles. The largest absolute Gasteiger partial charge is 0.457 e. The van der Waals surface area contributed by atoms with Crippen molar-refractivity contribution in [2.75, 3.05) is 13.1 Å². The number of ether oxygens (including phenoxy) is 1. The normalized spacial score (nSPS) is 14.3. The van der Waals surface area contributed by atoms with Crippen molar-refractivity contribution < 1.29 is 4.74 Å². The van der Waals surface area contributed by atoms with Gasteiger partial charge in [-0.15, -0.1) is 0 Å². The monoisotopic (exact) mass is 286 g/mol. The maximum absolute atomic E-state index is 5.85. The highest BCUT2D eigenvalue weighted by Gasteiger charge is 2.07. The van der Waals surface area contributed by atoms with Gasteiger partial charge in [-0.05, 0) is 55.0 Å². The van der Waals surface area contributed by atoms with E-state index in [4.69, 9.17) is 16.3 Å². The van der Waals surface area contributed by atoms with Crippen molar-refractivity contribution in [1.82, 2.24) is 5.32 Å². The van der Waals surface area contributed by atoms with Crippen LogP contribution in [0.4, 0.5) is 0 Å². The van der Waals surface area contributed by atoms with Gasteiger partial charge in [-0.1, -0.05) is 11.6 Å². The third-order valence-electron chi connectivity index (χ3n) is 3.07. The lowest BCUT2D eigenvalue weighted by Gasteiger charge is -2.15. The predicted octanol–water partition coefficient (Wildman–Crippen LogP) is 3.87. The zero-order valence-corrected chi connectivity index (χ0v) is 11.7. The van der Waals surface area contributed by atoms with E-state index in [0.717, 1.165) is 42.4 Å². The van der Waals surface area contributed by atoms with Crippen molar-refractivity contribution in [3.8, 4) is 11.5 Å². The number of nitrogens with one attached hydrogen (secondary N) is 1. The molecule has 2 aromatic carbocycles. The molecule has 0 aliphatic carbocycles. The highest BCUT2D eigenvalue weighted by Crippen LogP contribution is 2.23. The minimum atomic E-state index is 0.703. The van der Waals surface area contributed by atoms with Crippen LogP contribution in [0.25, 0.3) is 0 Å². The summed E-state index contributed by atoms with van der Waals surface area (Å²) in [7, 11) is 0. The first-order chi connectivity index (χ1) is 9.81. The fourth-order valence-corrected chi connectivity index (χ4v) is 2.17. The van der Waals surface area contributed by atoms with Crippen LogP contribution in [-0.4, -0.2) is 18.9 Å². The van der Waals surface area contributed by atoms with Gasteiger partial charge < -0.3 is 10.1 Å². The smallest absolute Gasteiger partial charge is 0.128 e. The Kier molecular flexibility index (Phi) is 3.88. The summed E-state index contributed by atoms with van der Waals surface area (Å²) >= 11 is 5.85. The minimum Gasteiger partial charge on any atom is -0.457 e. The Morgan fingerprint density at radius 2 is 1.60 bits per heavy atom. The Morgan fingerprint density at radius 1 is 0.950 bits per heavy atom. The Labute approximate surface area is 123 Å². The second kappa shape index (κ2) is 5.97. The molecule has 102 valence electrons. The number of hydrogen-bond acceptors (Lipinski definition) is 3. The number of nitrogens with zero attached hydrogens (tertiary/aromatic N) is 1. The summed E-state index contributed by atoms with van der Waals surface area (Å²) in [5, 5.41) is 4.01. The predicted molar refractivity (Wildman–Crippen MR) is 82.0 cm³/mol. The van der Waals surface area contributed by atoms with Gasteiger partial charge in [0.05, 0.1) is 0 Å². The van der Waals surface area contributed by atoms with Crippen LogP contribution in [0, 0.1) is 0 Å². The number of rotatable bonds is 3. The molecule has 20 heavy (non-hydrogen) atoms. The van der Waals surface area contributed by atoms with E-state index in [9.17, 15) is 0 Å². The summed E-state index contributed by atoms with van der Waals surface area (Å²) in [5.41, 5.74) is 1.09. The molecule has 0 amide bonds. The number of benzene rings is 2. The van der Waals surface area contributed by atoms with Crippen LogP contribution < -0.4 is 10.1 Å². The van der Waals surface area contributed by atoms with Crippen molar-refractivity contribution >= 4 is 17.4 Å². The molecule has 0 saturated heterocycles. The summed E-state index contributed by atoms with van der Waals surface area (Å²) in [4.78, 5) is 4.47. The molecular formula is C16H15ClN2O. The fraction of sp³-hybridized carbons (Fsp3) is 0.188. The molecule has 4 heteroatoms. The average Bonchev–Trinajstić information content (AvgIpc) is 2.51. The van der Waals surface area contributed by atoms with Crippen LogP contribution in [-0.2, 0) is 0 Å². The highest BCUT2D eigenvalue weighted by atomic mass is 35.5. The van der Waals surface area contributed by atoms with Gasteiger partial charge in [0.2, 0.25) is 0 Å². The van der Waals surface area contributed by atoms with E-state index in [1.807, 2.05) is 48.5 Å². The molecule has 0 unspecified atom stereocenters. The quantitative estimate of drug-likeness (QED) is 0.929. The van der Waals surface area contributed by atoms with Crippen LogP contribution in [0.3, 0.4) is 0 Å². The minimum absolute atomic E-state index is 0.703. The molecule has 3 rings (SSSR count). The van der Waals surface area contributed by atoms with Crippen molar-refractivity contribution in [2.45, 2.75) is 6.42 Å². The standard InChI is InChI=1S/C16H15ClN2O/c17-13-4-8-15(9-5-13)20-14-6-2-12(3-7-14)16-18-10-1-11-19-16/h2-9H,1,10-11H2,(H,18,19). The van der Waals surface area contributed by atoms with E-state index in [2.05, 4.69) is 10.3 Å². The van der Waals surface area contributed by atoms with Crippen molar-refractivity contribution in [1.29, 1.82) is 0 Å². The molecule has 1 aliphatic heterocycles. The Bertz CT molecular complexity index is 605. The third kappa shape index (κ3) is 3.11. The topological polar surface area (TPSA) is 33.6 Å². The summed E-state index contributed by atoms with van der Waals surface area (Å²) in [5.74, 6) is 2.54. The Hall–Kier alpha value is -2.00. The lowest BCUT2D eigenvalue weighted by molar-refractivity contribution is 0.482. The molecule has 1 aliphatic rings. The molecule has 0 radical (unpaired) electrons. The van der Waals surface area contributed by atoms with Crippen molar-refractivity contribution in [3.63, 3.8) is 0 Å². The van der Waals surface area contributed by atoms with Crippen LogP contribution in [0.1, 0.15) is 12.0 Å². The molecule has 0 atom stereocenters. The van der Waals surface area contributed by atoms with E-state index in [1.54, 1.807) is 0 Å². The zero-order chi connectivity index (χ0) is 13.8. The van der Waals surface area contributed by atoms with E-state index >= 15 is 0 Å². The van der Waals surface area contributed by atoms with Crippen LogP contribution in [0.2, 0.25) is 5.02 Å². The molecule has 0 aromatic heterocycles. The van der Waals surface area contributed by atoms with Crippen LogP contribution >= 0.6 is 11.6 Å². The van der Waals surface area contributed by atoms with Gasteiger partial charge in [-0.25, -0.2) is 0 Å². The molecule has 3 nitrogen and oxygen atoms in total. The van der Waals surface area contributed by atoms with Gasteiger partial charge in [0.1, 0.15) is 17.3 Å². The first kappa shape index (κ1) is 13.0. The van der Waals surface area contributed by atoms with E-state index in [-0.39, 0.29) is 0 Å². The molecule has 0 spiro atoms. The number of amidine groups is 1. The van der Waals surface area contributed by atoms with Gasteiger partial charge in [-0.2, -0.15) is 0 Å². The molecule has 0 fully saturated rings. The summed E-state index contributed by atoms with van der Waals surface area (Å²) in [6, 6.07) is 15.3. The van der Waals surface area contributed by atoms with E-state index < -0.39 is 0 Å². The molecule has 1 N–H and O–H groups in total. The van der Waals surface area contributed by atoms with Gasteiger partial charge >= 0.3 is 0 Å². The van der Waals surface area contributed by atoms with Gasteiger partial charge in [0.15, 0.2) is 0 Å².